The summed E-state index contributed by atoms with van der Waals surface area (Å²) in [7, 11) is -3.97. The molecule has 1 atom stereocenters. The Morgan fingerprint density at radius 3 is 2.24 bits per heavy atom. The molecule has 1 N–H and O–H groups in total. The predicted octanol–water partition coefficient (Wildman–Crippen LogP) is 1.96. The molecule has 0 heterocycles. The number of hydrogen-bond acceptors (Lipinski definition) is 3. The highest BCUT2D eigenvalue weighted by Crippen LogP contribution is 2.26. The second kappa shape index (κ2) is 4.88. The first-order chi connectivity index (χ1) is 7.63. The van der Waals surface area contributed by atoms with E-state index in [1.165, 1.54) is 24.3 Å². The van der Waals surface area contributed by atoms with Gasteiger partial charge in [-0.05, 0) is 30.7 Å². The third-order valence-electron chi connectivity index (χ3n) is 2.14. The molecule has 0 unspecified atom stereocenters. The van der Waals surface area contributed by atoms with Gasteiger partial charge in [0.25, 0.3) is 0 Å². The van der Waals surface area contributed by atoms with Gasteiger partial charge in [0.2, 0.25) is 0 Å². The van der Waals surface area contributed by atoms with Crippen LogP contribution in [0.3, 0.4) is 0 Å². The molecule has 1 aromatic carbocycles. The van der Waals surface area contributed by atoms with E-state index in [1.54, 1.807) is 6.92 Å². The van der Waals surface area contributed by atoms with Crippen molar-refractivity contribution in [1.82, 2.24) is 0 Å². The molecular formula is C10H11ClF2O3S. The molecule has 0 aliphatic rings. The number of aliphatic hydroxyl groups is 1. The molecule has 1 rings (SSSR count). The molecule has 0 saturated carbocycles. The lowest BCUT2D eigenvalue weighted by Gasteiger charge is -2.15. The smallest absolute Gasteiger partial charge is 0.348 e. The normalized spacial score (nSPS) is 14.6. The van der Waals surface area contributed by atoms with E-state index in [2.05, 4.69) is 11.6 Å². The monoisotopic (exact) mass is 284 g/mol. The maximum Gasteiger partial charge on any atom is 0.348 e. The van der Waals surface area contributed by atoms with Crippen molar-refractivity contribution in [2.75, 3.05) is 5.75 Å². The molecule has 0 aliphatic carbocycles. The van der Waals surface area contributed by atoms with Crippen LogP contribution in [0, 0.1) is 6.92 Å². The topological polar surface area (TPSA) is 54.4 Å². The van der Waals surface area contributed by atoms with Crippen LogP contribution < -0.4 is 0 Å². The summed E-state index contributed by atoms with van der Waals surface area (Å²) in [4.78, 5) is -0.122. The highest BCUT2D eigenvalue weighted by Gasteiger charge is 2.39. The fourth-order valence-corrected chi connectivity index (χ4v) is 2.68. The van der Waals surface area contributed by atoms with Crippen molar-refractivity contribution in [3.63, 3.8) is 0 Å². The minimum Gasteiger partial charge on any atom is -0.384 e. The number of aliphatic hydroxyl groups excluding tert-OH is 1. The zero-order valence-corrected chi connectivity index (χ0v) is 10.5. The van der Waals surface area contributed by atoms with Crippen molar-refractivity contribution < 1.29 is 22.3 Å². The average Bonchev–Trinajstić information content (AvgIpc) is 2.16. The van der Waals surface area contributed by atoms with E-state index in [-0.39, 0.29) is 4.90 Å². The van der Waals surface area contributed by atoms with Gasteiger partial charge in [0.05, 0.1) is 10.6 Å². The number of sulfone groups is 1. The molecule has 1 aromatic rings. The molecule has 0 aromatic heterocycles. The highest BCUT2D eigenvalue weighted by molar-refractivity contribution is 7.91. The quantitative estimate of drug-likeness (QED) is 0.860. The van der Waals surface area contributed by atoms with Crippen LogP contribution in [0.5, 0.6) is 0 Å². The highest BCUT2D eigenvalue weighted by atomic mass is 35.5. The second-order valence-corrected chi connectivity index (χ2v) is 6.19. The van der Waals surface area contributed by atoms with Gasteiger partial charge in [0.15, 0.2) is 9.84 Å². The van der Waals surface area contributed by atoms with Crippen LogP contribution in [-0.2, 0) is 9.84 Å². The molecule has 0 saturated heterocycles. The van der Waals surface area contributed by atoms with Crippen LogP contribution in [0.4, 0.5) is 8.78 Å². The summed E-state index contributed by atoms with van der Waals surface area (Å²) in [6, 6.07) is 5.67. The van der Waals surface area contributed by atoms with Crippen LogP contribution in [0.25, 0.3) is 0 Å². The number of alkyl halides is 3. The number of benzene rings is 1. The Labute approximate surface area is 103 Å². The van der Waals surface area contributed by atoms with Gasteiger partial charge < -0.3 is 5.11 Å². The zero-order valence-electron chi connectivity index (χ0n) is 8.90. The zero-order chi connectivity index (χ0) is 13.3. The Bertz CT molecular complexity index is 479. The Morgan fingerprint density at radius 1 is 1.35 bits per heavy atom. The minimum absolute atomic E-state index is 0.122. The minimum atomic E-state index is -3.97. The first kappa shape index (κ1) is 14.3. The molecular weight excluding hydrogens is 274 g/mol. The third-order valence-corrected chi connectivity index (χ3v) is 4.13. The molecule has 3 nitrogen and oxygen atoms in total. The van der Waals surface area contributed by atoms with Crippen molar-refractivity contribution in [3.05, 3.63) is 29.8 Å². The van der Waals surface area contributed by atoms with Crippen LogP contribution in [-0.4, -0.2) is 30.8 Å². The molecule has 0 radical (unpaired) electrons. The summed E-state index contributed by atoms with van der Waals surface area (Å²) < 4.78 is 48.3. The van der Waals surface area contributed by atoms with Crippen molar-refractivity contribution in [1.29, 1.82) is 0 Å². The molecule has 0 aliphatic heterocycles. The van der Waals surface area contributed by atoms with E-state index in [1.807, 2.05) is 0 Å². The summed E-state index contributed by atoms with van der Waals surface area (Å²) in [6.45, 7) is 1.76. The Hall–Kier alpha value is -0.720. The van der Waals surface area contributed by atoms with Crippen molar-refractivity contribution in [2.24, 2.45) is 0 Å². The van der Waals surface area contributed by atoms with Gasteiger partial charge in [0.1, 0.15) is 6.10 Å². The number of hydrogen-bond donors (Lipinski definition) is 1. The summed E-state index contributed by atoms with van der Waals surface area (Å²) in [5, 5.41) is 5.02. The largest absolute Gasteiger partial charge is 0.384 e. The van der Waals surface area contributed by atoms with Gasteiger partial charge in [-0.1, -0.05) is 17.7 Å². The lowest BCUT2D eigenvalue weighted by atomic mass is 10.2. The van der Waals surface area contributed by atoms with Crippen molar-refractivity contribution >= 4 is 21.4 Å². The van der Waals surface area contributed by atoms with E-state index in [4.69, 9.17) is 5.11 Å². The molecule has 17 heavy (non-hydrogen) atoms. The summed E-state index contributed by atoms with van der Waals surface area (Å²) in [5.41, 5.74) is 0.840. The Balaban J connectivity index is 2.94. The lowest BCUT2D eigenvalue weighted by Crippen LogP contribution is -2.34. The van der Waals surface area contributed by atoms with Gasteiger partial charge in [0, 0.05) is 0 Å². The van der Waals surface area contributed by atoms with Gasteiger partial charge in [-0.15, -0.1) is 0 Å². The van der Waals surface area contributed by atoms with Crippen molar-refractivity contribution in [3.8, 4) is 0 Å². The average molecular weight is 285 g/mol. The van der Waals surface area contributed by atoms with Crippen LogP contribution in [0.2, 0.25) is 0 Å². The maximum atomic E-state index is 12.5. The van der Waals surface area contributed by atoms with Crippen LogP contribution in [0.1, 0.15) is 5.56 Å². The Morgan fingerprint density at radius 2 is 1.82 bits per heavy atom. The standard InChI is InChI=1S/C10H11ClF2O3S/c1-7-2-4-8(5-3-7)17(15,16)6-9(14)10(11,12)13/h2-5,9,14H,6H2,1H3/t9-/m1/s1. The summed E-state index contributed by atoms with van der Waals surface area (Å²) >= 11 is 4.55. The second-order valence-electron chi connectivity index (χ2n) is 3.65. The fourth-order valence-electron chi connectivity index (χ4n) is 1.14. The first-order valence-corrected chi connectivity index (χ1v) is 6.70. The third kappa shape index (κ3) is 3.90. The van der Waals surface area contributed by atoms with E-state index in [9.17, 15) is 17.2 Å². The molecule has 0 amide bonds. The molecule has 0 fully saturated rings. The van der Waals surface area contributed by atoms with Gasteiger partial charge in [-0.2, -0.15) is 8.78 Å². The molecule has 0 bridgehead atoms. The van der Waals surface area contributed by atoms with E-state index < -0.39 is 27.1 Å². The van der Waals surface area contributed by atoms with E-state index in [0.717, 1.165) is 5.56 Å². The van der Waals surface area contributed by atoms with E-state index in [0.29, 0.717) is 0 Å². The summed E-state index contributed by atoms with van der Waals surface area (Å²) in [6.07, 6.45) is -2.43. The van der Waals surface area contributed by atoms with Gasteiger partial charge >= 0.3 is 5.38 Å². The summed E-state index contributed by atoms with van der Waals surface area (Å²) in [5.74, 6) is -1.12. The van der Waals surface area contributed by atoms with Crippen molar-refractivity contribution in [2.45, 2.75) is 23.3 Å². The predicted molar refractivity (Wildman–Crippen MR) is 60.0 cm³/mol. The van der Waals surface area contributed by atoms with Gasteiger partial charge in [-0.25, -0.2) is 8.42 Å². The molecule has 7 heteroatoms. The SMILES string of the molecule is Cc1ccc(S(=O)(=O)C[C@@H](O)C(F)(F)Cl)cc1. The maximum absolute atomic E-state index is 12.5. The number of halogens is 3. The number of rotatable bonds is 4. The fraction of sp³-hybridized carbons (Fsp3) is 0.400. The Kier molecular flexibility index (Phi) is 4.11. The molecule has 96 valence electrons. The van der Waals surface area contributed by atoms with Gasteiger partial charge in [-0.3, -0.25) is 0 Å². The first-order valence-electron chi connectivity index (χ1n) is 4.67. The van der Waals surface area contributed by atoms with E-state index >= 15 is 0 Å². The van der Waals surface area contributed by atoms with Crippen LogP contribution in [0.15, 0.2) is 29.2 Å². The lowest BCUT2D eigenvalue weighted by molar-refractivity contribution is -0.0281. The molecule has 0 spiro atoms. The van der Waals surface area contributed by atoms with Crippen LogP contribution >= 0.6 is 11.6 Å². The number of aryl methyl sites for hydroxylation is 1.